The highest BCUT2D eigenvalue weighted by Gasteiger charge is 2.30. The van der Waals surface area contributed by atoms with E-state index in [0.29, 0.717) is 34.2 Å². The number of nitrogens with zero attached hydrogens (tertiary/aromatic N) is 2. The highest BCUT2D eigenvalue weighted by Crippen LogP contribution is 2.32. The summed E-state index contributed by atoms with van der Waals surface area (Å²) in [4.78, 5) is 0. The smallest absolute Gasteiger partial charge is 0.416 e. The quantitative estimate of drug-likeness (QED) is 0.687. The number of aromatic amines is 1. The molecule has 0 atom stereocenters. The van der Waals surface area contributed by atoms with Crippen LogP contribution in [0.4, 0.5) is 13.2 Å². The Bertz CT molecular complexity index is 910. The third-order valence-electron chi connectivity index (χ3n) is 3.39. The Morgan fingerprint density at radius 1 is 1.29 bits per heavy atom. The van der Waals surface area contributed by atoms with Crippen molar-refractivity contribution < 1.29 is 17.6 Å². The first-order valence-electron chi connectivity index (χ1n) is 6.99. The van der Waals surface area contributed by atoms with Crippen molar-refractivity contribution in [2.45, 2.75) is 19.6 Å². The SMILES string of the molecule is Cc1n[nH]c(=S)n1NCc1ccc(-c2cccc(C(F)(F)F)c2)o1. The number of aromatic nitrogens is 3. The minimum absolute atomic E-state index is 0.313. The van der Waals surface area contributed by atoms with Crippen molar-refractivity contribution in [2.24, 2.45) is 0 Å². The highest BCUT2D eigenvalue weighted by atomic mass is 32.1. The van der Waals surface area contributed by atoms with Gasteiger partial charge in [0.1, 0.15) is 17.3 Å². The Kier molecular flexibility index (Phi) is 4.18. The molecule has 0 spiro atoms. The lowest BCUT2D eigenvalue weighted by molar-refractivity contribution is -0.137. The second-order valence-corrected chi connectivity index (χ2v) is 5.48. The van der Waals surface area contributed by atoms with Gasteiger partial charge in [0, 0.05) is 5.56 Å². The number of halogens is 3. The molecule has 0 saturated carbocycles. The van der Waals surface area contributed by atoms with Gasteiger partial charge in [-0.15, -0.1) is 0 Å². The van der Waals surface area contributed by atoms with Gasteiger partial charge in [-0.2, -0.15) is 18.3 Å². The van der Waals surface area contributed by atoms with Gasteiger partial charge in [0.25, 0.3) is 0 Å². The summed E-state index contributed by atoms with van der Waals surface area (Å²) in [6, 6.07) is 8.34. The molecule has 0 bridgehead atoms. The van der Waals surface area contributed by atoms with Gasteiger partial charge in [-0.3, -0.25) is 5.10 Å². The van der Waals surface area contributed by atoms with Crippen LogP contribution in [0.25, 0.3) is 11.3 Å². The monoisotopic (exact) mass is 354 g/mol. The van der Waals surface area contributed by atoms with Gasteiger partial charge in [-0.1, -0.05) is 12.1 Å². The predicted octanol–water partition coefficient (Wildman–Crippen LogP) is 4.27. The number of hydrogen-bond donors (Lipinski definition) is 2. The summed E-state index contributed by atoms with van der Waals surface area (Å²) < 4.78 is 45.9. The van der Waals surface area contributed by atoms with E-state index < -0.39 is 11.7 Å². The molecule has 5 nitrogen and oxygen atoms in total. The standard InChI is InChI=1S/C15H13F3N4OS/c1-9-20-21-14(24)22(9)19-8-12-5-6-13(23-12)10-3-2-4-11(7-10)15(16,17)18/h2-7,19H,8H2,1H3,(H,21,24). The Morgan fingerprint density at radius 2 is 2.08 bits per heavy atom. The maximum Gasteiger partial charge on any atom is 0.416 e. The molecule has 0 aliphatic carbocycles. The largest absolute Gasteiger partial charge is 0.459 e. The summed E-state index contributed by atoms with van der Waals surface area (Å²) in [5.41, 5.74) is 2.68. The number of H-pyrrole nitrogens is 1. The summed E-state index contributed by atoms with van der Waals surface area (Å²) in [6.07, 6.45) is -4.39. The fraction of sp³-hybridized carbons (Fsp3) is 0.200. The lowest BCUT2D eigenvalue weighted by atomic mass is 10.1. The van der Waals surface area contributed by atoms with Crippen molar-refractivity contribution in [3.63, 3.8) is 0 Å². The van der Waals surface area contributed by atoms with Crippen molar-refractivity contribution in [3.8, 4) is 11.3 Å². The van der Waals surface area contributed by atoms with Crippen molar-refractivity contribution in [3.05, 3.63) is 58.3 Å². The van der Waals surface area contributed by atoms with Crippen LogP contribution in [0.3, 0.4) is 0 Å². The third-order valence-corrected chi connectivity index (χ3v) is 3.66. The van der Waals surface area contributed by atoms with E-state index in [1.54, 1.807) is 29.8 Å². The van der Waals surface area contributed by atoms with Crippen molar-refractivity contribution in [1.29, 1.82) is 0 Å². The molecule has 9 heteroatoms. The van der Waals surface area contributed by atoms with Gasteiger partial charge in [0.05, 0.1) is 12.1 Å². The zero-order chi connectivity index (χ0) is 17.3. The molecule has 0 saturated heterocycles. The van der Waals surface area contributed by atoms with Crippen LogP contribution in [-0.4, -0.2) is 14.9 Å². The number of hydrogen-bond acceptors (Lipinski definition) is 4. The Hall–Kier alpha value is -2.55. The minimum atomic E-state index is -4.39. The predicted molar refractivity (Wildman–Crippen MR) is 84.4 cm³/mol. The van der Waals surface area contributed by atoms with Crippen LogP contribution in [0.2, 0.25) is 0 Å². The molecule has 0 aliphatic heterocycles. The lowest BCUT2D eigenvalue weighted by Gasteiger charge is -2.08. The average Bonchev–Trinajstić information content (AvgIpc) is 3.12. The fourth-order valence-electron chi connectivity index (χ4n) is 2.20. The molecule has 24 heavy (non-hydrogen) atoms. The zero-order valence-corrected chi connectivity index (χ0v) is 13.3. The summed E-state index contributed by atoms with van der Waals surface area (Å²) in [6.45, 7) is 2.09. The number of aryl methyl sites for hydroxylation is 1. The van der Waals surface area contributed by atoms with E-state index in [2.05, 4.69) is 15.6 Å². The number of rotatable bonds is 4. The van der Waals surface area contributed by atoms with Gasteiger partial charge in [-0.05, 0) is 43.4 Å². The number of benzene rings is 1. The molecular weight excluding hydrogens is 341 g/mol. The first-order valence-corrected chi connectivity index (χ1v) is 7.39. The molecule has 0 unspecified atom stereocenters. The van der Waals surface area contributed by atoms with Crippen LogP contribution >= 0.6 is 12.2 Å². The van der Waals surface area contributed by atoms with Gasteiger partial charge in [0.2, 0.25) is 4.77 Å². The van der Waals surface area contributed by atoms with E-state index in [-0.39, 0.29) is 0 Å². The van der Waals surface area contributed by atoms with Crippen LogP contribution in [0.5, 0.6) is 0 Å². The maximum atomic E-state index is 12.8. The first-order chi connectivity index (χ1) is 11.3. The van der Waals surface area contributed by atoms with Gasteiger partial charge >= 0.3 is 6.18 Å². The third kappa shape index (κ3) is 3.35. The second kappa shape index (κ2) is 6.16. The Morgan fingerprint density at radius 3 is 2.75 bits per heavy atom. The zero-order valence-electron chi connectivity index (χ0n) is 12.5. The molecule has 1 aromatic carbocycles. The summed E-state index contributed by atoms with van der Waals surface area (Å²) in [5.74, 6) is 1.58. The molecule has 0 aliphatic rings. The summed E-state index contributed by atoms with van der Waals surface area (Å²) >= 11 is 5.06. The van der Waals surface area contributed by atoms with Crippen LogP contribution in [0.15, 0.2) is 40.8 Å². The fourth-order valence-corrected chi connectivity index (χ4v) is 2.44. The molecular formula is C15H13F3N4OS. The van der Waals surface area contributed by atoms with Crippen LogP contribution < -0.4 is 5.43 Å². The minimum Gasteiger partial charge on any atom is -0.459 e. The Labute approximate surface area is 140 Å². The van der Waals surface area contributed by atoms with Gasteiger partial charge < -0.3 is 9.84 Å². The van der Waals surface area contributed by atoms with E-state index in [9.17, 15) is 13.2 Å². The molecule has 3 aromatic rings. The average molecular weight is 354 g/mol. The van der Waals surface area contributed by atoms with E-state index in [4.69, 9.17) is 16.6 Å². The first kappa shape index (κ1) is 16.3. The van der Waals surface area contributed by atoms with E-state index >= 15 is 0 Å². The molecule has 0 amide bonds. The van der Waals surface area contributed by atoms with Crippen molar-refractivity contribution in [2.75, 3.05) is 5.43 Å². The van der Waals surface area contributed by atoms with E-state index in [1.165, 1.54) is 6.07 Å². The van der Waals surface area contributed by atoms with Gasteiger partial charge in [-0.25, -0.2) is 4.68 Å². The number of alkyl halides is 3. The van der Waals surface area contributed by atoms with Crippen LogP contribution in [0.1, 0.15) is 17.1 Å². The number of furan rings is 1. The topological polar surface area (TPSA) is 58.8 Å². The van der Waals surface area contributed by atoms with Crippen molar-refractivity contribution >= 4 is 12.2 Å². The van der Waals surface area contributed by atoms with E-state index in [1.807, 2.05) is 0 Å². The molecule has 126 valence electrons. The molecule has 2 N–H and O–H groups in total. The molecule has 2 heterocycles. The Balaban J connectivity index is 1.78. The van der Waals surface area contributed by atoms with Crippen LogP contribution in [0, 0.1) is 11.7 Å². The maximum absolute atomic E-state index is 12.8. The van der Waals surface area contributed by atoms with E-state index in [0.717, 1.165) is 12.1 Å². The normalized spacial score (nSPS) is 11.7. The molecule has 0 radical (unpaired) electrons. The second-order valence-electron chi connectivity index (χ2n) is 5.09. The number of nitrogens with one attached hydrogen (secondary N) is 2. The lowest BCUT2D eigenvalue weighted by Crippen LogP contribution is -2.15. The van der Waals surface area contributed by atoms with Gasteiger partial charge in [0.15, 0.2) is 0 Å². The van der Waals surface area contributed by atoms with Crippen molar-refractivity contribution in [1.82, 2.24) is 14.9 Å². The molecule has 2 aromatic heterocycles. The summed E-state index contributed by atoms with van der Waals surface area (Å²) in [5, 5.41) is 6.60. The molecule has 3 rings (SSSR count). The highest BCUT2D eigenvalue weighted by molar-refractivity contribution is 7.71. The summed E-state index contributed by atoms with van der Waals surface area (Å²) in [7, 11) is 0. The van der Waals surface area contributed by atoms with Crippen LogP contribution in [-0.2, 0) is 12.7 Å². The molecule has 0 fully saturated rings.